The van der Waals surface area contributed by atoms with Crippen LogP contribution < -0.4 is 5.32 Å². The maximum atomic E-state index is 13.2. The second kappa shape index (κ2) is 11.9. The van der Waals surface area contributed by atoms with Crippen LogP contribution in [-0.2, 0) is 17.6 Å². The molecule has 0 saturated carbocycles. The molecule has 0 unspecified atom stereocenters. The van der Waals surface area contributed by atoms with Crippen LogP contribution in [0.5, 0.6) is 0 Å². The van der Waals surface area contributed by atoms with Gasteiger partial charge in [-0.2, -0.15) is 0 Å². The minimum atomic E-state index is -0.0445. The number of hydrogen-bond donors (Lipinski definition) is 1. The summed E-state index contributed by atoms with van der Waals surface area (Å²) in [7, 11) is 0. The Hall–Kier alpha value is -2.82. The lowest BCUT2D eigenvalue weighted by atomic mass is 9.91. The molecule has 1 aliphatic heterocycles. The molecule has 0 aromatic heterocycles. The number of benzene rings is 2. The lowest BCUT2D eigenvalue weighted by molar-refractivity contribution is -0.134. The predicted octanol–water partition coefficient (Wildman–Crippen LogP) is 4.91. The van der Waals surface area contributed by atoms with Crippen molar-refractivity contribution in [3.8, 4) is 0 Å². The van der Waals surface area contributed by atoms with E-state index in [0.29, 0.717) is 26.1 Å². The Bertz CT molecular complexity index is 877. The van der Waals surface area contributed by atoms with Gasteiger partial charge in [-0.1, -0.05) is 81.4 Å². The van der Waals surface area contributed by atoms with Gasteiger partial charge in [-0.15, -0.1) is 0 Å². The van der Waals surface area contributed by atoms with E-state index in [1.54, 1.807) is 0 Å². The summed E-state index contributed by atoms with van der Waals surface area (Å²) < 4.78 is 0. The summed E-state index contributed by atoms with van der Waals surface area (Å²) >= 11 is 0. The number of likely N-dealkylation sites (tertiary alicyclic amines) is 1. The molecule has 5 nitrogen and oxygen atoms in total. The highest BCUT2D eigenvalue weighted by Crippen LogP contribution is 2.25. The maximum absolute atomic E-state index is 13.2. The van der Waals surface area contributed by atoms with E-state index >= 15 is 0 Å². The lowest BCUT2D eigenvalue weighted by Gasteiger charge is -2.32. The van der Waals surface area contributed by atoms with Gasteiger partial charge in [0.1, 0.15) is 0 Å². The summed E-state index contributed by atoms with van der Waals surface area (Å²) in [5, 5.41) is 3.11. The van der Waals surface area contributed by atoms with Gasteiger partial charge in [0.2, 0.25) is 5.91 Å². The first-order valence-electron chi connectivity index (χ1n) is 12.2. The smallest absolute Gasteiger partial charge is 0.317 e. The van der Waals surface area contributed by atoms with E-state index in [-0.39, 0.29) is 23.4 Å². The number of nitrogens with one attached hydrogen (secondary N) is 1. The minimum Gasteiger partial charge on any atom is -0.338 e. The number of carbonyl (C=O) groups is 2. The fourth-order valence-corrected chi connectivity index (χ4v) is 4.42. The summed E-state index contributed by atoms with van der Waals surface area (Å²) in [6.45, 7) is 8.91. The van der Waals surface area contributed by atoms with Crippen molar-refractivity contribution in [3.63, 3.8) is 0 Å². The molecule has 3 rings (SSSR count). The number of amides is 3. The van der Waals surface area contributed by atoms with Crippen molar-refractivity contribution in [3.05, 3.63) is 71.8 Å². The zero-order valence-corrected chi connectivity index (χ0v) is 20.4. The number of hydrogen-bond acceptors (Lipinski definition) is 2. The van der Waals surface area contributed by atoms with Crippen LogP contribution in [0.1, 0.15) is 51.2 Å². The molecule has 0 radical (unpaired) electrons. The first-order chi connectivity index (χ1) is 15.8. The van der Waals surface area contributed by atoms with Gasteiger partial charge in [-0.3, -0.25) is 4.79 Å². The number of urea groups is 1. The van der Waals surface area contributed by atoms with Gasteiger partial charge in [0.25, 0.3) is 0 Å². The quantitative estimate of drug-likeness (QED) is 0.591. The molecule has 1 N–H and O–H groups in total. The van der Waals surface area contributed by atoms with Crippen LogP contribution in [0.15, 0.2) is 60.7 Å². The highest BCUT2D eigenvalue weighted by Gasteiger charge is 2.32. The molecule has 1 saturated heterocycles. The molecule has 2 aromatic rings. The average Bonchev–Trinajstić information content (AvgIpc) is 3.25. The topological polar surface area (TPSA) is 52.7 Å². The van der Waals surface area contributed by atoms with Gasteiger partial charge >= 0.3 is 6.03 Å². The third-order valence-corrected chi connectivity index (χ3v) is 6.14. The lowest BCUT2D eigenvalue weighted by Crippen LogP contribution is -2.49. The Kier molecular flexibility index (Phi) is 8.93. The molecule has 0 aliphatic carbocycles. The third kappa shape index (κ3) is 8.23. The molecule has 0 bridgehead atoms. The highest BCUT2D eigenvalue weighted by molar-refractivity contribution is 5.78. The molecular formula is C28H39N3O2. The zero-order chi connectivity index (χ0) is 23.7. The van der Waals surface area contributed by atoms with Crippen molar-refractivity contribution < 1.29 is 9.59 Å². The van der Waals surface area contributed by atoms with E-state index in [1.807, 2.05) is 46.2 Å². The Morgan fingerprint density at radius 3 is 2.18 bits per heavy atom. The number of carbonyl (C=O) groups excluding carboxylic acids is 2. The second-order valence-electron chi connectivity index (χ2n) is 10.3. The summed E-state index contributed by atoms with van der Waals surface area (Å²) in [5.74, 6) is 0.206. The van der Waals surface area contributed by atoms with Gasteiger partial charge < -0.3 is 15.1 Å². The fraction of sp³-hybridized carbons (Fsp3) is 0.500. The van der Waals surface area contributed by atoms with Gasteiger partial charge in [0, 0.05) is 38.6 Å². The van der Waals surface area contributed by atoms with Gasteiger partial charge in [-0.05, 0) is 42.2 Å². The normalized spacial score (nSPS) is 16.0. The first-order valence-corrected chi connectivity index (χ1v) is 12.2. The Morgan fingerprint density at radius 2 is 1.58 bits per heavy atom. The molecule has 178 valence electrons. The van der Waals surface area contributed by atoms with E-state index < -0.39 is 0 Å². The molecular weight excluding hydrogens is 410 g/mol. The van der Waals surface area contributed by atoms with Crippen molar-refractivity contribution in [2.24, 2.45) is 5.41 Å². The molecule has 1 fully saturated rings. The molecule has 1 heterocycles. The van der Waals surface area contributed by atoms with Crippen molar-refractivity contribution >= 4 is 11.9 Å². The highest BCUT2D eigenvalue weighted by atomic mass is 16.2. The Labute approximate surface area is 199 Å². The first kappa shape index (κ1) is 24.8. The molecule has 0 spiro atoms. The van der Waals surface area contributed by atoms with Crippen LogP contribution in [0.2, 0.25) is 0 Å². The van der Waals surface area contributed by atoms with Crippen LogP contribution in [0.3, 0.4) is 0 Å². The third-order valence-electron chi connectivity index (χ3n) is 6.14. The van der Waals surface area contributed by atoms with Crippen molar-refractivity contribution in [2.45, 2.75) is 58.9 Å². The number of rotatable bonds is 9. The van der Waals surface area contributed by atoms with E-state index in [2.05, 4.69) is 50.4 Å². The molecule has 33 heavy (non-hydrogen) atoms. The van der Waals surface area contributed by atoms with Crippen LogP contribution >= 0.6 is 0 Å². The summed E-state index contributed by atoms with van der Waals surface area (Å²) in [4.78, 5) is 30.0. The molecule has 1 atom stereocenters. The monoisotopic (exact) mass is 449 g/mol. The largest absolute Gasteiger partial charge is 0.338 e. The van der Waals surface area contributed by atoms with Gasteiger partial charge in [0.05, 0.1) is 0 Å². The van der Waals surface area contributed by atoms with E-state index in [9.17, 15) is 9.59 Å². The second-order valence-corrected chi connectivity index (χ2v) is 10.3. The fourth-order valence-electron chi connectivity index (χ4n) is 4.42. The van der Waals surface area contributed by atoms with Crippen LogP contribution in [0.4, 0.5) is 4.79 Å². The number of nitrogens with zero attached hydrogens (tertiary/aromatic N) is 2. The van der Waals surface area contributed by atoms with E-state index in [4.69, 9.17) is 0 Å². The van der Waals surface area contributed by atoms with E-state index in [1.165, 1.54) is 11.1 Å². The van der Waals surface area contributed by atoms with E-state index in [0.717, 1.165) is 32.2 Å². The van der Waals surface area contributed by atoms with Crippen molar-refractivity contribution in [1.82, 2.24) is 15.1 Å². The maximum Gasteiger partial charge on any atom is 0.317 e. The van der Waals surface area contributed by atoms with Crippen LogP contribution in [0, 0.1) is 5.41 Å². The molecule has 3 amide bonds. The van der Waals surface area contributed by atoms with Crippen molar-refractivity contribution in [2.75, 3.05) is 26.2 Å². The summed E-state index contributed by atoms with van der Waals surface area (Å²) in [5.41, 5.74) is 2.39. The molecule has 2 aromatic carbocycles. The Morgan fingerprint density at radius 1 is 0.970 bits per heavy atom. The minimum absolute atomic E-state index is 0.0357. The molecule has 1 aliphatic rings. The van der Waals surface area contributed by atoms with Crippen LogP contribution in [-0.4, -0.2) is 54.0 Å². The predicted molar refractivity (Wildman–Crippen MR) is 134 cm³/mol. The summed E-state index contributed by atoms with van der Waals surface area (Å²) in [6.07, 6.45) is 4.10. The van der Waals surface area contributed by atoms with Gasteiger partial charge in [0.15, 0.2) is 0 Å². The van der Waals surface area contributed by atoms with Crippen LogP contribution in [0.25, 0.3) is 0 Å². The average molecular weight is 450 g/mol. The molecule has 5 heteroatoms. The summed E-state index contributed by atoms with van der Waals surface area (Å²) in [6, 6.07) is 20.5. The standard InChI is InChI=1S/C28H39N3O2/c1-28(2,3)21-26(32)31-19-10-15-25(31)22-30(20-17-24-13-8-5-9-14-24)27(33)29-18-16-23-11-6-4-7-12-23/h4-9,11-14,25H,10,15-22H2,1-3H3,(H,29,33)/t25-/m0/s1. The van der Waals surface area contributed by atoms with Crippen molar-refractivity contribution in [1.29, 1.82) is 0 Å². The SMILES string of the molecule is CC(C)(C)CC(=O)N1CCC[C@H]1CN(CCc1ccccc1)C(=O)NCCc1ccccc1. The Balaban J connectivity index is 1.62. The van der Waals surface area contributed by atoms with Gasteiger partial charge in [-0.25, -0.2) is 4.79 Å². The zero-order valence-electron chi connectivity index (χ0n) is 20.4.